The quantitative estimate of drug-likeness (QED) is 0.354. The van der Waals surface area contributed by atoms with Gasteiger partial charge in [0.15, 0.2) is 0 Å². The average molecular weight is 428 g/mol. The van der Waals surface area contributed by atoms with Crippen LogP contribution in [-0.4, -0.2) is 14.1 Å². The summed E-state index contributed by atoms with van der Waals surface area (Å²) >= 11 is 6.07. The van der Waals surface area contributed by atoms with Crippen molar-refractivity contribution in [3.8, 4) is 0 Å². The second kappa shape index (κ2) is 7.71. The minimum Gasteiger partial charge on any atom is -0.330 e. The molecule has 5 rings (SSSR count). The lowest BCUT2D eigenvalue weighted by atomic mass is 10.1. The Morgan fingerprint density at radius 3 is 2.48 bits per heavy atom. The lowest BCUT2D eigenvalue weighted by Gasteiger charge is -2.16. The topological polar surface area (TPSA) is 39.8 Å². The van der Waals surface area contributed by atoms with Gasteiger partial charge < -0.3 is 4.57 Å². The van der Waals surface area contributed by atoms with Gasteiger partial charge in [-0.25, -0.2) is 4.98 Å². The van der Waals surface area contributed by atoms with Gasteiger partial charge in [-0.15, -0.1) is 0 Å². The van der Waals surface area contributed by atoms with Gasteiger partial charge in [-0.05, 0) is 49.2 Å². The van der Waals surface area contributed by atoms with Gasteiger partial charge in [-0.3, -0.25) is 9.36 Å². The predicted octanol–water partition coefficient (Wildman–Crippen LogP) is 5.97. The number of hydrogen-bond acceptors (Lipinski definition) is 2. The van der Waals surface area contributed by atoms with Crippen LogP contribution < -0.4 is 5.56 Å². The summed E-state index contributed by atoms with van der Waals surface area (Å²) in [5.74, 6) is 0. The van der Waals surface area contributed by atoms with Crippen LogP contribution in [0.15, 0.2) is 83.9 Å². The summed E-state index contributed by atoms with van der Waals surface area (Å²) in [5.41, 5.74) is 5.63. The Balaban J connectivity index is 1.76. The van der Waals surface area contributed by atoms with Crippen molar-refractivity contribution in [2.75, 3.05) is 0 Å². The fraction of sp³-hybridized carbons (Fsp3) is 0.154. The van der Waals surface area contributed by atoms with Gasteiger partial charge in [0.2, 0.25) is 0 Å². The van der Waals surface area contributed by atoms with Crippen LogP contribution in [0.3, 0.4) is 0 Å². The van der Waals surface area contributed by atoms with Crippen molar-refractivity contribution in [3.63, 3.8) is 0 Å². The van der Waals surface area contributed by atoms with Crippen LogP contribution in [-0.2, 0) is 6.54 Å². The maximum atomic E-state index is 13.7. The molecule has 3 aromatic carbocycles. The molecule has 0 spiro atoms. The van der Waals surface area contributed by atoms with Crippen LogP contribution in [0, 0.1) is 6.92 Å². The van der Waals surface area contributed by atoms with E-state index in [9.17, 15) is 4.79 Å². The van der Waals surface area contributed by atoms with Crippen molar-refractivity contribution in [1.82, 2.24) is 14.1 Å². The van der Waals surface area contributed by atoms with Crippen molar-refractivity contribution < 1.29 is 0 Å². The van der Waals surface area contributed by atoms with E-state index in [1.807, 2.05) is 61.5 Å². The molecule has 4 nitrogen and oxygen atoms in total. The number of halogens is 1. The van der Waals surface area contributed by atoms with E-state index in [2.05, 4.69) is 29.7 Å². The van der Waals surface area contributed by atoms with Gasteiger partial charge in [0, 0.05) is 17.0 Å². The van der Waals surface area contributed by atoms with Crippen molar-refractivity contribution >= 4 is 33.5 Å². The number of nitrogens with zero attached hydrogens (tertiary/aromatic N) is 3. The Kier molecular flexibility index (Phi) is 4.87. The first kappa shape index (κ1) is 19.6. The second-order valence-electron chi connectivity index (χ2n) is 7.97. The Morgan fingerprint density at radius 2 is 1.74 bits per heavy atom. The Hall–Kier alpha value is -3.37. The number of fused-ring (bicyclic) bond motifs is 3. The Labute approximate surface area is 185 Å². The largest absolute Gasteiger partial charge is 0.330 e. The zero-order chi connectivity index (χ0) is 21.5. The molecule has 0 saturated heterocycles. The first-order valence-corrected chi connectivity index (χ1v) is 10.7. The molecular formula is C26H22ClN3O. The minimum atomic E-state index is -0.116. The lowest BCUT2D eigenvalue weighted by Crippen LogP contribution is -2.26. The molecule has 1 atom stereocenters. The molecule has 0 bridgehead atoms. The van der Waals surface area contributed by atoms with Crippen molar-refractivity contribution in [3.05, 3.63) is 111 Å². The first-order chi connectivity index (χ1) is 15.0. The highest BCUT2D eigenvalue weighted by Crippen LogP contribution is 2.28. The molecule has 0 N–H and O–H groups in total. The average Bonchev–Trinajstić information content (AvgIpc) is 3.09. The van der Waals surface area contributed by atoms with Crippen molar-refractivity contribution in [1.29, 1.82) is 0 Å². The van der Waals surface area contributed by atoms with Crippen LogP contribution in [0.25, 0.3) is 21.9 Å². The normalized spacial score (nSPS) is 12.5. The zero-order valence-electron chi connectivity index (χ0n) is 17.4. The molecule has 5 aromatic rings. The Bertz CT molecular complexity index is 1450. The monoisotopic (exact) mass is 427 g/mol. The molecule has 0 aliphatic carbocycles. The zero-order valence-corrected chi connectivity index (χ0v) is 18.2. The molecule has 154 valence electrons. The van der Waals surface area contributed by atoms with Crippen LogP contribution in [0.1, 0.15) is 29.7 Å². The maximum absolute atomic E-state index is 13.7. The van der Waals surface area contributed by atoms with E-state index in [1.54, 1.807) is 10.9 Å². The van der Waals surface area contributed by atoms with Crippen molar-refractivity contribution in [2.45, 2.75) is 26.4 Å². The van der Waals surface area contributed by atoms with E-state index in [0.717, 1.165) is 33.1 Å². The highest BCUT2D eigenvalue weighted by atomic mass is 35.5. The molecule has 0 radical (unpaired) electrons. The fourth-order valence-corrected chi connectivity index (χ4v) is 4.32. The van der Waals surface area contributed by atoms with Gasteiger partial charge in [0.05, 0.1) is 17.9 Å². The van der Waals surface area contributed by atoms with E-state index >= 15 is 0 Å². The molecule has 0 fully saturated rings. The van der Waals surface area contributed by atoms with Crippen LogP contribution >= 0.6 is 11.6 Å². The van der Waals surface area contributed by atoms with Crippen LogP contribution in [0.5, 0.6) is 0 Å². The molecule has 2 heterocycles. The fourth-order valence-electron chi connectivity index (χ4n) is 4.20. The third kappa shape index (κ3) is 3.43. The van der Waals surface area contributed by atoms with E-state index in [0.29, 0.717) is 17.1 Å². The molecule has 31 heavy (non-hydrogen) atoms. The molecular weight excluding hydrogens is 406 g/mol. The summed E-state index contributed by atoms with van der Waals surface area (Å²) in [6, 6.07) is 23.9. The van der Waals surface area contributed by atoms with Gasteiger partial charge in [0.1, 0.15) is 11.0 Å². The van der Waals surface area contributed by atoms with E-state index in [1.165, 1.54) is 0 Å². The Morgan fingerprint density at radius 1 is 1.00 bits per heavy atom. The van der Waals surface area contributed by atoms with E-state index in [4.69, 9.17) is 16.6 Å². The summed E-state index contributed by atoms with van der Waals surface area (Å²) in [7, 11) is 0. The highest BCUT2D eigenvalue weighted by molar-refractivity contribution is 6.30. The van der Waals surface area contributed by atoms with Crippen molar-refractivity contribution in [2.24, 2.45) is 0 Å². The number of aromatic nitrogens is 3. The smallest absolute Gasteiger partial charge is 0.278 e. The number of rotatable bonds is 4. The van der Waals surface area contributed by atoms with Gasteiger partial charge in [-0.2, -0.15) is 0 Å². The molecule has 0 aliphatic rings. The summed E-state index contributed by atoms with van der Waals surface area (Å²) in [6.45, 7) is 4.65. The standard InChI is InChI=1S/C26H22ClN3O/c1-17-8-13-23-22(14-17)24-25(29(23)15-19-9-11-21(27)12-10-19)26(31)30(16-28-24)18(2)20-6-4-3-5-7-20/h3-14,16,18H,15H2,1-2H3. The van der Waals surface area contributed by atoms with E-state index < -0.39 is 0 Å². The number of aryl methyl sites for hydroxylation is 1. The summed E-state index contributed by atoms with van der Waals surface area (Å²) in [4.78, 5) is 18.5. The first-order valence-electron chi connectivity index (χ1n) is 10.3. The highest BCUT2D eigenvalue weighted by Gasteiger charge is 2.19. The lowest BCUT2D eigenvalue weighted by molar-refractivity contribution is 0.606. The minimum absolute atomic E-state index is 0.0378. The molecule has 2 aromatic heterocycles. The summed E-state index contributed by atoms with van der Waals surface area (Å²) < 4.78 is 3.80. The summed E-state index contributed by atoms with van der Waals surface area (Å²) in [5, 5.41) is 1.70. The second-order valence-corrected chi connectivity index (χ2v) is 8.41. The predicted molar refractivity (Wildman–Crippen MR) is 127 cm³/mol. The third-order valence-corrected chi connectivity index (χ3v) is 6.15. The number of benzene rings is 3. The molecule has 0 aliphatic heterocycles. The van der Waals surface area contributed by atoms with E-state index in [-0.39, 0.29) is 11.6 Å². The van der Waals surface area contributed by atoms with Gasteiger partial charge in [0.25, 0.3) is 5.56 Å². The van der Waals surface area contributed by atoms with Gasteiger partial charge in [-0.1, -0.05) is 65.7 Å². The number of hydrogen-bond donors (Lipinski definition) is 0. The maximum Gasteiger partial charge on any atom is 0.278 e. The van der Waals surface area contributed by atoms with Crippen LogP contribution in [0.2, 0.25) is 5.02 Å². The molecule has 0 amide bonds. The third-order valence-electron chi connectivity index (χ3n) is 5.89. The van der Waals surface area contributed by atoms with Crippen LogP contribution in [0.4, 0.5) is 0 Å². The molecule has 1 unspecified atom stereocenters. The SMILES string of the molecule is Cc1ccc2c(c1)c1ncn(C(C)c3ccccc3)c(=O)c1n2Cc1ccc(Cl)cc1. The molecule has 5 heteroatoms. The van der Waals surface area contributed by atoms with Gasteiger partial charge >= 0.3 is 0 Å². The summed E-state index contributed by atoms with van der Waals surface area (Å²) in [6.07, 6.45) is 1.68. The molecule has 0 saturated carbocycles.